The van der Waals surface area contributed by atoms with E-state index in [1.165, 1.54) is 6.07 Å². The van der Waals surface area contributed by atoms with Crippen LogP contribution in [0.1, 0.15) is 22.3 Å². The third-order valence-corrected chi connectivity index (χ3v) is 3.29. The number of nitro groups is 1. The van der Waals surface area contributed by atoms with Gasteiger partial charge in [-0.15, -0.1) is 12.4 Å². The zero-order valence-electron chi connectivity index (χ0n) is 11.3. The second kappa shape index (κ2) is 7.21. The van der Waals surface area contributed by atoms with Gasteiger partial charge >= 0.3 is 0 Å². The summed E-state index contributed by atoms with van der Waals surface area (Å²) in [4.78, 5) is 24.7. The number of nitrogens with zero attached hydrogens (tertiary/aromatic N) is 2. The number of nitrogens with one attached hydrogen (secondary N) is 1. The molecule has 1 saturated heterocycles. The Balaban J connectivity index is 0.00000200. The average Bonchev–Trinajstić information content (AvgIpc) is 2.66. The van der Waals surface area contributed by atoms with E-state index >= 15 is 0 Å². The van der Waals surface area contributed by atoms with Crippen LogP contribution in [0.4, 0.5) is 5.69 Å². The zero-order chi connectivity index (χ0) is 13.8. The molecular formula is C13H18ClN3O3. The summed E-state index contributed by atoms with van der Waals surface area (Å²) in [6.45, 7) is 4.56. The number of hydrogen-bond donors (Lipinski definition) is 1. The van der Waals surface area contributed by atoms with E-state index in [1.807, 2.05) is 0 Å². The lowest BCUT2D eigenvalue weighted by Crippen LogP contribution is -2.35. The van der Waals surface area contributed by atoms with Crippen LogP contribution >= 0.6 is 12.4 Å². The lowest BCUT2D eigenvalue weighted by Gasteiger charge is -2.20. The van der Waals surface area contributed by atoms with Crippen LogP contribution < -0.4 is 5.32 Å². The van der Waals surface area contributed by atoms with Gasteiger partial charge in [0.1, 0.15) is 5.56 Å². The van der Waals surface area contributed by atoms with Crippen molar-refractivity contribution in [1.82, 2.24) is 10.2 Å². The molecule has 1 aliphatic rings. The predicted molar refractivity (Wildman–Crippen MR) is 78.5 cm³/mol. The highest BCUT2D eigenvalue weighted by Gasteiger charge is 2.26. The SMILES string of the molecule is Cc1cccc([N+](=O)[O-])c1C(=O)N1CCCNCC1.Cl. The highest BCUT2D eigenvalue weighted by atomic mass is 35.5. The van der Waals surface area contributed by atoms with Gasteiger partial charge in [-0.1, -0.05) is 12.1 Å². The molecule has 1 aromatic rings. The number of rotatable bonds is 2. The molecule has 1 heterocycles. The number of aryl methyl sites for hydroxylation is 1. The quantitative estimate of drug-likeness (QED) is 0.667. The summed E-state index contributed by atoms with van der Waals surface area (Å²) in [6.07, 6.45) is 0.866. The van der Waals surface area contributed by atoms with Crippen LogP contribution in [0.25, 0.3) is 0 Å². The molecule has 0 unspecified atom stereocenters. The summed E-state index contributed by atoms with van der Waals surface area (Å²) < 4.78 is 0. The maximum atomic E-state index is 12.5. The fourth-order valence-electron chi connectivity index (χ4n) is 2.29. The lowest BCUT2D eigenvalue weighted by atomic mass is 10.1. The Hall–Kier alpha value is -1.66. The van der Waals surface area contributed by atoms with Gasteiger partial charge in [0.15, 0.2) is 0 Å². The smallest absolute Gasteiger partial charge is 0.282 e. The Morgan fingerprint density at radius 3 is 2.80 bits per heavy atom. The first-order valence-electron chi connectivity index (χ1n) is 6.35. The Bertz CT molecular complexity index is 500. The molecule has 0 spiro atoms. The van der Waals surface area contributed by atoms with Crippen molar-refractivity contribution in [3.05, 3.63) is 39.4 Å². The standard InChI is InChI=1S/C13H17N3O3.ClH/c1-10-4-2-5-11(16(18)19)12(10)13(17)15-8-3-6-14-7-9-15;/h2,4-5,14H,3,6-9H2,1H3;1H. The lowest BCUT2D eigenvalue weighted by molar-refractivity contribution is -0.385. The largest absolute Gasteiger partial charge is 0.337 e. The third kappa shape index (κ3) is 3.46. The van der Waals surface area contributed by atoms with Crippen molar-refractivity contribution in [3.8, 4) is 0 Å². The van der Waals surface area contributed by atoms with Crippen LogP contribution in [0.2, 0.25) is 0 Å². The minimum Gasteiger partial charge on any atom is -0.337 e. The van der Waals surface area contributed by atoms with Gasteiger partial charge in [0.05, 0.1) is 4.92 Å². The normalized spacial score (nSPS) is 15.2. The van der Waals surface area contributed by atoms with Gasteiger partial charge in [0.25, 0.3) is 11.6 Å². The number of halogens is 1. The fourth-order valence-corrected chi connectivity index (χ4v) is 2.29. The number of carbonyl (C=O) groups excluding carboxylic acids is 1. The number of nitro benzene ring substituents is 1. The third-order valence-electron chi connectivity index (χ3n) is 3.29. The summed E-state index contributed by atoms with van der Waals surface area (Å²) in [5.41, 5.74) is 0.757. The first kappa shape index (κ1) is 16.4. The van der Waals surface area contributed by atoms with E-state index in [1.54, 1.807) is 24.0 Å². The van der Waals surface area contributed by atoms with E-state index in [4.69, 9.17) is 0 Å². The van der Waals surface area contributed by atoms with E-state index < -0.39 is 4.92 Å². The maximum absolute atomic E-state index is 12.5. The van der Waals surface area contributed by atoms with Crippen LogP contribution in [0, 0.1) is 17.0 Å². The summed E-state index contributed by atoms with van der Waals surface area (Å²) in [6, 6.07) is 4.72. The van der Waals surface area contributed by atoms with Crippen molar-refractivity contribution in [2.75, 3.05) is 26.2 Å². The van der Waals surface area contributed by atoms with E-state index in [0.717, 1.165) is 19.5 Å². The van der Waals surface area contributed by atoms with Crippen LogP contribution in [0.3, 0.4) is 0 Å². The summed E-state index contributed by atoms with van der Waals surface area (Å²) >= 11 is 0. The number of hydrogen-bond acceptors (Lipinski definition) is 4. The van der Waals surface area contributed by atoms with Gasteiger partial charge in [-0.05, 0) is 25.5 Å². The molecule has 0 bridgehead atoms. The molecule has 1 aromatic carbocycles. The molecule has 0 atom stereocenters. The molecule has 0 aliphatic carbocycles. The average molecular weight is 300 g/mol. The molecule has 1 amide bonds. The van der Waals surface area contributed by atoms with Gasteiger partial charge in [-0.25, -0.2) is 0 Å². The van der Waals surface area contributed by atoms with Gasteiger partial charge in [-0.2, -0.15) is 0 Å². The van der Waals surface area contributed by atoms with Crippen molar-refractivity contribution in [2.45, 2.75) is 13.3 Å². The minimum absolute atomic E-state index is 0. The summed E-state index contributed by atoms with van der Waals surface area (Å²) in [7, 11) is 0. The Morgan fingerprint density at radius 1 is 1.35 bits per heavy atom. The Morgan fingerprint density at radius 2 is 2.10 bits per heavy atom. The van der Waals surface area contributed by atoms with Gasteiger partial charge in [0.2, 0.25) is 0 Å². The molecule has 2 rings (SSSR count). The van der Waals surface area contributed by atoms with Crippen molar-refractivity contribution in [1.29, 1.82) is 0 Å². The molecule has 7 heteroatoms. The van der Waals surface area contributed by atoms with Crippen LogP contribution in [-0.2, 0) is 0 Å². The van der Waals surface area contributed by atoms with Gasteiger partial charge < -0.3 is 10.2 Å². The van der Waals surface area contributed by atoms with Crippen LogP contribution in [-0.4, -0.2) is 41.9 Å². The monoisotopic (exact) mass is 299 g/mol. The summed E-state index contributed by atoms with van der Waals surface area (Å²) in [5, 5.41) is 14.3. The van der Waals surface area contributed by atoms with Gasteiger partial charge in [-0.3, -0.25) is 14.9 Å². The van der Waals surface area contributed by atoms with Crippen LogP contribution in [0.5, 0.6) is 0 Å². The highest BCUT2D eigenvalue weighted by Crippen LogP contribution is 2.23. The van der Waals surface area contributed by atoms with E-state index in [0.29, 0.717) is 18.7 Å². The van der Waals surface area contributed by atoms with Crippen molar-refractivity contribution >= 4 is 24.0 Å². The molecule has 6 nitrogen and oxygen atoms in total. The van der Waals surface area contributed by atoms with E-state index in [2.05, 4.69) is 5.32 Å². The maximum Gasteiger partial charge on any atom is 0.282 e. The Labute approximate surface area is 123 Å². The van der Waals surface area contributed by atoms with Crippen molar-refractivity contribution in [2.24, 2.45) is 0 Å². The molecule has 20 heavy (non-hydrogen) atoms. The molecule has 1 aliphatic heterocycles. The molecule has 0 radical (unpaired) electrons. The van der Waals surface area contributed by atoms with Crippen LogP contribution in [0.15, 0.2) is 18.2 Å². The molecule has 0 saturated carbocycles. The first-order valence-corrected chi connectivity index (χ1v) is 6.35. The predicted octanol–water partition coefficient (Wildman–Crippen LogP) is 1.76. The number of carbonyl (C=O) groups is 1. The number of benzene rings is 1. The van der Waals surface area contributed by atoms with Crippen molar-refractivity contribution < 1.29 is 9.72 Å². The zero-order valence-corrected chi connectivity index (χ0v) is 12.1. The Kier molecular flexibility index (Phi) is 5.91. The topological polar surface area (TPSA) is 75.5 Å². The number of amides is 1. The first-order chi connectivity index (χ1) is 9.11. The van der Waals surface area contributed by atoms with Gasteiger partial charge in [0, 0.05) is 25.7 Å². The molecule has 0 aromatic heterocycles. The molecule has 110 valence electrons. The second-order valence-corrected chi connectivity index (χ2v) is 4.62. The second-order valence-electron chi connectivity index (χ2n) is 4.62. The van der Waals surface area contributed by atoms with Crippen molar-refractivity contribution in [3.63, 3.8) is 0 Å². The molecule has 1 N–H and O–H groups in total. The minimum atomic E-state index is -0.490. The highest BCUT2D eigenvalue weighted by molar-refractivity contribution is 5.99. The molecular weight excluding hydrogens is 282 g/mol. The van der Waals surface area contributed by atoms with E-state index in [9.17, 15) is 14.9 Å². The molecule has 1 fully saturated rings. The fraction of sp³-hybridized carbons (Fsp3) is 0.462. The summed E-state index contributed by atoms with van der Waals surface area (Å²) in [5.74, 6) is -0.242. The van der Waals surface area contributed by atoms with E-state index in [-0.39, 0.29) is 29.6 Å².